The molecule has 0 aromatic heterocycles. The van der Waals surface area contributed by atoms with E-state index in [1.54, 1.807) is 0 Å². The molecule has 2 nitrogen and oxygen atoms in total. The third kappa shape index (κ3) is 3.49. The van der Waals surface area contributed by atoms with Crippen molar-refractivity contribution < 1.29 is 9.31 Å². The lowest BCUT2D eigenvalue weighted by atomic mass is 9.67. The minimum Gasteiger partial charge on any atom is -0.399 e. The molecule has 47 heavy (non-hydrogen) atoms. The number of fused-ring (bicyclic) bond motifs is 13. The van der Waals surface area contributed by atoms with Crippen LogP contribution in [-0.2, 0) is 21.1 Å². The first-order chi connectivity index (χ1) is 22.8. The number of benzene rings is 6. The van der Waals surface area contributed by atoms with Crippen LogP contribution in [0, 0.1) is 0 Å². The van der Waals surface area contributed by atoms with Crippen LogP contribution < -0.4 is 5.46 Å². The highest BCUT2D eigenvalue weighted by Crippen LogP contribution is 2.63. The molecular weight excluding hydrogens is 571 g/mol. The monoisotopic (exact) mass is 606 g/mol. The van der Waals surface area contributed by atoms with Crippen LogP contribution in [-0.4, -0.2) is 18.3 Å². The van der Waals surface area contributed by atoms with Crippen molar-refractivity contribution in [1.82, 2.24) is 0 Å². The van der Waals surface area contributed by atoms with Crippen LogP contribution in [0.3, 0.4) is 0 Å². The number of hydrogen-bond donors (Lipinski definition) is 0. The first kappa shape index (κ1) is 27.4. The second-order valence-electron chi connectivity index (χ2n) is 14.7. The Bertz CT molecular complexity index is 2250. The van der Waals surface area contributed by atoms with Crippen molar-refractivity contribution in [3.63, 3.8) is 0 Å². The normalized spacial score (nSPS) is 18.0. The fourth-order valence-electron chi connectivity index (χ4n) is 8.86. The summed E-state index contributed by atoms with van der Waals surface area (Å²) in [5.41, 5.74) is 18.1. The minimum atomic E-state index is -0.506. The van der Waals surface area contributed by atoms with Crippen molar-refractivity contribution in [2.24, 2.45) is 0 Å². The summed E-state index contributed by atoms with van der Waals surface area (Å²) < 4.78 is 13.7. The lowest BCUT2D eigenvalue weighted by Crippen LogP contribution is -2.41. The second-order valence-corrected chi connectivity index (χ2v) is 14.7. The Balaban J connectivity index is 1.28. The standard InChI is InChI=1S/C44H35BO2/c1-42(2)43(3,4)47-45(46-42)41-26-40-36(25-35(41)29-22-21-28-23-27-13-5-6-14-30(27)34(28)24-29)33-17-9-12-20-39(33)44(40)37-18-10-7-15-31(37)32-16-8-11-19-38(32)44/h5-22,24-26H,23H2,1-4H3. The molecule has 0 unspecified atom stereocenters. The van der Waals surface area contributed by atoms with Gasteiger partial charge in [-0.15, -0.1) is 0 Å². The quantitative estimate of drug-likeness (QED) is 0.183. The molecule has 3 heteroatoms. The first-order valence-corrected chi connectivity index (χ1v) is 16.8. The van der Waals surface area contributed by atoms with Gasteiger partial charge in [0.2, 0.25) is 0 Å². The molecule has 1 aliphatic heterocycles. The van der Waals surface area contributed by atoms with Crippen LogP contribution in [0.2, 0.25) is 0 Å². The summed E-state index contributed by atoms with van der Waals surface area (Å²) >= 11 is 0. The lowest BCUT2D eigenvalue weighted by molar-refractivity contribution is 0.00578. The summed E-state index contributed by atoms with van der Waals surface area (Å²) in [6, 6.07) is 47.7. The molecule has 1 saturated heterocycles. The summed E-state index contributed by atoms with van der Waals surface area (Å²) in [7, 11) is -0.506. The van der Waals surface area contributed by atoms with Crippen molar-refractivity contribution in [3.05, 3.63) is 161 Å². The van der Waals surface area contributed by atoms with Crippen molar-refractivity contribution in [1.29, 1.82) is 0 Å². The van der Waals surface area contributed by atoms with E-state index in [1.165, 1.54) is 77.9 Å². The van der Waals surface area contributed by atoms with Crippen molar-refractivity contribution in [2.45, 2.75) is 50.7 Å². The van der Waals surface area contributed by atoms with Crippen LogP contribution in [0.15, 0.2) is 127 Å². The van der Waals surface area contributed by atoms with Gasteiger partial charge in [0.15, 0.2) is 0 Å². The van der Waals surface area contributed by atoms with E-state index in [0.29, 0.717) is 0 Å². The summed E-state index contributed by atoms with van der Waals surface area (Å²) in [6.45, 7) is 8.58. The Morgan fingerprint density at radius 1 is 0.447 bits per heavy atom. The third-order valence-electron chi connectivity index (χ3n) is 11.8. The first-order valence-electron chi connectivity index (χ1n) is 16.8. The smallest absolute Gasteiger partial charge is 0.399 e. The van der Waals surface area contributed by atoms with E-state index in [9.17, 15) is 0 Å². The summed E-state index contributed by atoms with van der Waals surface area (Å²) in [5, 5.41) is 0. The molecular formula is C44H35BO2. The molecule has 10 rings (SSSR count). The summed E-state index contributed by atoms with van der Waals surface area (Å²) in [5.74, 6) is 0. The number of rotatable bonds is 2. The molecule has 6 aromatic carbocycles. The SMILES string of the molecule is CC1(C)OB(c2cc3c(cc2-c2ccc4c(c2)-c2ccccc2C4)-c2ccccc2C32c3ccccc3-c3ccccc32)OC1(C)C. The van der Waals surface area contributed by atoms with Gasteiger partial charge in [-0.1, -0.05) is 115 Å². The Labute approximate surface area is 277 Å². The van der Waals surface area contributed by atoms with Gasteiger partial charge < -0.3 is 9.31 Å². The molecule has 6 aromatic rings. The van der Waals surface area contributed by atoms with Gasteiger partial charge in [-0.05, 0) is 130 Å². The maximum atomic E-state index is 6.87. The van der Waals surface area contributed by atoms with Crippen molar-refractivity contribution in [2.75, 3.05) is 0 Å². The predicted molar refractivity (Wildman–Crippen MR) is 192 cm³/mol. The molecule has 1 heterocycles. The molecule has 0 radical (unpaired) electrons. The molecule has 1 fully saturated rings. The fourth-order valence-corrected chi connectivity index (χ4v) is 8.86. The van der Waals surface area contributed by atoms with E-state index in [2.05, 4.69) is 155 Å². The largest absolute Gasteiger partial charge is 0.495 e. The van der Waals surface area contributed by atoms with Gasteiger partial charge >= 0.3 is 7.12 Å². The Morgan fingerprint density at radius 3 is 1.57 bits per heavy atom. The summed E-state index contributed by atoms with van der Waals surface area (Å²) in [4.78, 5) is 0. The van der Waals surface area contributed by atoms with E-state index >= 15 is 0 Å². The Hall–Kier alpha value is -4.70. The fraction of sp³-hybridized carbons (Fsp3) is 0.182. The molecule has 0 bridgehead atoms. The zero-order chi connectivity index (χ0) is 31.7. The van der Waals surface area contributed by atoms with Gasteiger partial charge in [-0.25, -0.2) is 0 Å². The van der Waals surface area contributed by atoms with Crippen molar-refractivity contribution >= 4 is 12.6 Å². The van der Waals surface area contributed by atoms with Gasteiger partial charge in [0, 0.05) is 0 Å². The highest BCUT2D eigenvalue weighted by molar-refractivity contribution is 6.64. The van der Waals surface area contributed by atoms with Gasteiger partial charge in [0.1, 0.15) is 0 Å². The molecule has 0 atom stereocenters. The van der Waals surface area contributed by atoms with E-state index in [0.717, 1.165) is 11.9 Å². The minimum absolute atomic E-state index is 0.424. The Kier molecular flexibility index (Phi) is 5.38. The van der Waals surface area contributed by atoms with Crippen LogP contribution >= 0.6 is 0 Å². The van der Waals surface area contributed by atoms with E-state index in [-0.39, 0.29) is 0 Å². The zero-order valence-electron chi connectivity index (χ0n) is 27.2. The molecule has 1 spiro atoms. The van der Waals surface area contributed by atoms with Crippen LogP contribution in [0.4, 0.5) is 0 Å². The third-order valence-corrected chi connectivity index (χ3v) is 11.8. The lowest BCUT2D eigenvalue weighted by Gasteiger charge is -2.32. The Morgan fingerprint density at radius 2 is 0.957 bits per heavy atom. The van der Waals surface area contributed by atoms with Gasteiger partial charge in [0.05, 0.1) is 16.6 Å². The molecule has 226 valence electrons. The molecule has 0 N–H and O–H groups in total. The molecule has 0 amide bonds. The average Bonchev–Trinajstić information content (AvgIpc) is 3.76. The van der Waals surface area contributed by atoms with Crippen LogP contribution in [0.5, 0.6) is 0 Å². The van der Waals surface area contributed by atoms with Crippen molar-refractivity contribution in [3.8, 4) is 44.5 Å². The van der Waals surface area contributed by atoms with Gasteiger partial charge in [-0.2, -0.15) is 0 Å². The maximum Gasteiger partial charge on any atom is 0.495 e. The predicted octanol–water partition coefficient (Wildman–Crippen LogP) is 9.57. The highest BCUT2D eigenvalue weighted by atomic mass is 16.7. The average molecular weight is 607 g/mol. The summed E-state index contributed by atoms with van der Waals surface area (Å²) in [6.07, 6.45) is 0.981. The van der Waals surface area contributed by atoms with Gasteiger partial charge in [0.25, 0.3) is 0 Å². The highest BCUT2D eigenvalue weighted by Gasteiger charge is 2.55. The topological polar surface area (TPSA) is 18.5 Å². The van der Waals surface area contributed by atoms with Crippen LogP contribution in [0.1, 0.15) is 61.1 Å². The molecule has 3 aliphatic carbocycles. The van der Waals surface area contributed by atoms with Crippen LogP contribution in [0.25, 0.3) is 44.5 Å². The molecule has 0 saturated carbocycles. The van der Waals surface area contributed by atoms with Gasteiger partial charge in [-0.3, -0.25) is 0 Å². The van der Waals surface area contributed by atoms with E-state index in [4.69, 9.17) is 9.31 Å². The molecule has 4 aliphatic rings. The van der Waals surface area contributed by atoms with E-state index < -0.39 is 23.7 Å². The number of hydrogen-bond acceptors (Lipinski definition) is 2. The maximum absolute atomic E-state index is 6.87. The van der Waals surface area contributed by atoms with E-state index in [1.807, 2.05) is 0 Å². The second kappa shape index (κ2) is 9.22. The zero-order valence-corrected chi connectivity index (χ0v) is 27.2.